The van der Waals surface area contributed by atoms with E-state index >= 15 is 0 Å². The Hall–Kier alpha value is -2.58. The molecule has 2 rings (SSSR count). The van der Waals surface area contributed by atoms with Crippen molar-refractivity contribution < 1.29 is 27.6 Å². The molecule has 6 nitrogen and oxygen atoms in total. The van der Waals surface area contributed by atoms with Crippen LogP contribution in [0, 0.1) is 5.92 Å². The van der Waals surface area contributed by atoms with Gasteiger partial charge in [-0.05, 0) is 37.0 Å². The lowest BCUT2D eigenvalue weighted by atomic mass is 9.90. The lowest BCUT2D eigenvalue weighted by Gasteiger charge is -2.23. The van der Waals surface area contributed by atoms with Crippen LogP contribution in [-0.2, 0) is 21.3 Å². The SMILES string of the molecule is CC(C)CCNC(=O)CN1C(=O)N[C@](C)(c2cccc(C(F)(F)F)c2)C1=O. The lowest BCUT2D eigenvalue weighted by molar-refractivity contribution is -0.138. The van der Waals surface area contributed by atoms with Crippen molar-refractivity contribution >= 4 is 17.8 Å². The van der Waals surface area contributed by atoms with Crippen molar-refractivity contribution in [3.8, 4) is 0 Å². The van der Waals surface area contributed by atoms with Gasteiger partial charge in [0.25, 0.3) is 5.91 Å². The average Bonchev–Trinajstić information content (AvgIpc) is 2.78. The van der Waals surface area contributed by atoms with Gasteiger partial charge in [0.1, 0.15) is 12.1 Å². The van der Waals surface area contributed by atoms with Crippen LogP contribution in [0.15, 0.2) is 24.3 Å². The number of rotatable bonds is 6. The Morgan fingerprint density at radius 2 is 1.96 bits per heavy atom. The van der Waals surface area contributed by atoms with Crippen LogP contribution in [-0.4, -0.2) is 35.8 Å². The number of halogens is 3. The fourth-order valence-corrected chi connectivity index (χ4v) is 2.74. The maximum absolute atomic E-state index is 12.9. The largest absolute Gasteiger partial charge is 0.416 e. The second kappa shape index (κ2) is 7.58. The first-order valence-electron chi connectivity index (χ1n) is 8.53. The first-order valence-corrected chi connectivity index (χ1v) is 8.53. The Balaban J connectivity index is 2.16. The fraction of sp³-hybridized carbons (Fsp3) is 0.500. The highest BCUT2D eigenvalue weighted by Gasteiger charge is 2.50. The number of urea groups is 1. The molecule has 0 aliphatic carbocycles. The molecule has 1 aromatic rings. The molecule has 9 heteroatoms. The maximum atomic E-state index is 12.9. The van der Waals surface area contributed by atoms with Gasteiger partial charge in [-0.3, -0.25) is 14.5 Å². The number of nitrogens with zero attached hydrogens (tertiary/aromatic N) is 1. The van der Waals surface area contributed by atoms with Gasteiger partial charge in [-0.2, -0.15) is 13.2 Å². The molecule has 1 atom stereocenters. The number of imide groups is 1. The Morgan fingerprint density at radius 3 is 2.56 bits per heavy atom. The van der Waals surface area contributed by atoms with E-state index in [0.29, 0.717) is 17.4 Å². The molecule has 0 spiro atoms. The molecule has 148 valence electrons. The number of carbonyl (C=O) groups is 3. The highest BCUT2D eigenvalue weighted by Crippen LogP contribution is 2.34. The van der Waals surface area contributed by atoms with Gasteiger partial charge in [-0.25, -0.2) is 4.79 Å². The molecule has 0 saturated carbocycles. The van der Waals surface area contributed by atoms with Gasteiger partial charge in [-0.15, -0.1) is 0 Å². The van der Waals surface area contributed by atoms with E-state index in [1.54, 1.807) is 0 Å². The number of carbonyl (C=O) groups excluding carboxylic acids is 3. The van der Waals surface area contributed by atoms with Crippen molar-refractivity contribution in [3.05, 3.63) is 35.4 Å². The van der Waals surface area contributed by atoms with E-state index in [2.05, 4.69) is 10.6 Å². The average molecular weight is 385 g/mol. The molecule has 0 aromatic heterocycles. The van der Waals surface area contributed by atoms with Crippen LogP contribution >= 0.6 is 0 Å². The molecule has 4 amide bonds. The minimum atomic E-state index is -4.58. The van der Waals surface area contributed by atoms with Crippen LogP contribution in [0.25, 0.3) is 0 Å². The molecular weight excluding hydrogens is 363 g/mol. The summed E-state index contributed by atoms with van der Waals surface area (Å²) in [5.74, 6) is -0.899. The molecular formula is C18H22F3N3O3. The summed E-state index contributed by atoms with van der Waals surface area (Å²) in [6.45, 7) is 5.22. The smallest absolute Gasteiger partial charge is 0.355 e. The molecule has 1 aromatic carbocycles. The monoisotopic (exact) mass is 385 g/mol. The second-order valence-electron chi connectivity index (χ2n) is 7.06. The van der Waals surface area contributed by atoms with Crippen LogP contribution in [0.1, 0.15) is 38.3 Å². The lowest BCUT2D eigenvalue weighted by Crippen LogP contribution is -2.43. The summed E-state index contributed by atoms with van der Waals surface area (Å²) in [4.78, 5) is 37.5. The van der Waals surface area contributed by atoms with Crippen LogP contribution in [0.4, 0.5) is 18.0 Å². The van der Waals surface area contributed by atoms with E-state index in [1.165, 1.54) is 19.1 Å². The molecule has 0 unspecified atom stereocenters. The molecule has 1 aliphatic rings. The predicted octanol–water partition coefficient (Wildman–Crippen LogP) is 2.63. The molecule has 1 fully saturated rings. The van der Waals surface area contributed by atoms with Gasteiger partial charge in [0.05, 0.1) is 5.56 Å². The maximum Gasteiger partial charge on any atom is 0.416 e. The molecule has 0 radical (unpaired) electrons. The van der Waals surface area contributed by atoms with Crippen LogP contribution in [0.5, 0.6) is 0 Å². The van der Waals surface area contributed by atoms with Crippen molar-refractivity contribution in [1.29, 1.82) is 0 Å². The minimum absolute atomic E-state index is 0.00149. The van der Waals surface area contributed by atoms with Gasteiger partial charge in [-0.1, -0.05) is 26.0 Å². The quantitative estimate of drug-likeness (QED) is 0.739. The summed E-state index contributed by atoms with van der Waals surface area (Å²) in [6, 6.07) is 3.39. The van der Waals surface area contributed by atoms with Crippen molar-refractivity contribution in [2.75, 3.05) is 13.1 Å². The first-order chi connectivity index (χ1) is 12.4. The minimum Gasteiger partial charge on any atom is -0.355 e. The van der Waals surface area contributed by atoms with E-state index < -0.39 is 41.7 Å². The summed E-state index contributed by atoms with van der Waals surface area (Å²) in [5, 5.41) is 5.01. The first kappa shape index (κ1) is 20.7. The number of amides is 4. The Labute approximate surface area is 155 Å². The molecule has 1 heterocycles. The molecule has 1 aliphatic heterocycles. The van der Waals surface area contributed by atoms with Crippen LogP contribution in [0.2, 0.25) is 0 Å². The number of benzene rings is 1. The third kappa shape index (κ3) is 4.58. The molecule has 2 N–H and O–H groups in total. The summed E-state index contributed by atoms with van der Waals surface area (Å²) < 4.78 is 38.8. The summed E-state index contributed by atoms with van der Waals surface area (Å²) in [7, 11) is 0. The fourth-order valence-electron chi connectivity index (χ4n) is 2.74. The zero-order valence-electron chi connectivity index (χ0n) is 15.3. The zero-order chi connectivity index (χ0) is 20.4. The Bertz CT molecular complexity index is 749. The Morgan fingerprint density at radius 1 is 1.30 bits per heavy atom. The standard InChI is InChI=1S/C18H22F3N3O3/c1-11(2)7-8-22-14(25)10-24-15(26)17(3,23-16(24)27)12-5-4-6-13(9-12)18(19,20)21/h4-6,9,11H,7-8,10H2,1-3H3,(H,22,25)(H,23,27)/t17-/m1/s1. The second-order valence-corrected chi connectivity index (χ2v) is 7.06. The summed E-state index contributed by atoms with van der Waals surface area (Å²) in [6.07, 6.45) is -3.83. The highest BCUT2D eigenvalue weighted by atomic mass is 19.4. The van der Waals surface area contributed by atoms with E-state index in [-0.39, 0.29) is 5.56 Å². The number of hydrogen-bond donors (Lipinski definition) is 2. The van der Waals surface area contributed by atoms with Crippen LogP contribution in [0.3, 0.4) is 0 Å². The van der Waals surface area contributed by atoms with E-state index in [9.17, 15) is 27.6 Å². The summed E-state index contributed by atoms with van der Waals surface area (Å²) >= 11 is 0. The number of hydrogen-bond acceptors (Lipinski definition) is 3. The Kier molecular flexibility index (Phi) is 5.82. The van der Waals surface area contributed by atoms with Crippen molar-refractivity contribution in [2.24, 2.45) is 5.92 Å². The topological polar surface area (TPSA) is 78.5 Å². The molecule has 27 heavy (non-hydrogen) atoms. The molecule has 0 bridgehead atoms. The van der Waals surface area contributed by atoms with Gasteiger partial charge in [0.2, 0.25) is 5.91 Å². The van der Waals surface area contributed by atoms with Gasteiger partial charge in [0.15, 0.2) is 0 Å². The third-order valence-corrected chi connectivity index (χ3v) is 4.39. The van der Waals surface area contributed by atoms with Gasteiger partial charge < -0.3 is 10.6 Å². The molecule has 1 saturated heterocycles. The van der Waals surface area contributed by atoms with Crippen molar-refractivity contribution in [1.82, 2.24) is 15.5 Å². The number of nitrogens with one attached hydrogen (secondary N) is 2. The van der Waals surface area contributed by atoms with Crippen molar-refractivity contribution in [3.63, 3.8) is 0 Å². The normalized spacial score (nSPS) is 20.2. The van der Waals surface area contributed by atoms with E-state index in [0.717, 1.165) is 18.6 Å². The van der Waals surface area contributed by atoms with Gasteiger partial charge >= 0.3 is 12.2 Å². The summed E-state index contributed by atoms with van der Waals surface area (Å²) in [5.41, 5.74) is -2.59. The zero-order valence-corrected chi connectivity index (χ0v) is 15.3. The number of alkyl halides is 3. The van der Waals surface area contributed by atoms with Crippen LogP contribution < -0.4 is 10.6 Å². The third-order valence-electron chi connectivity index (χ3n) is 4.39. The van der Waals surface area contributed by atoms with E-state index in [4.69, 9.17) is 0 Å². The predicted molar refractivity (Wildman–Crippen MR) is 91.5 cm³/mol. The van der Waals surface area contributed by atoms with Crippen molar-refractivity contribution in [2.45, 2.75) is 38.9 Å². The van der Waals surface area contributed by atoms with Gasteiger partial charge in [0, 0.05) is 6.54 Å². The highest BCUT2D eigenvalue weighted by molar-refractivity contribution is 6.09. The van der Waals surface area contributed by atoms with E-state index in [1.807, 2.05) is 13.8 Å².